The van der Waals surface area contributed by atoms with Crippen LogP contribution in [0.15, 0.2) is 24.8 Å². The van der Waals surface area contributed by atoms with Gasteiger partial charge in [-0.2, -0.15) is 5.10 Å². The number of nitrogens with zero attached hydrogens (tertiary/aromatic N) is 4. The van der Waals surface area contributed by atoms with Crippen molar-refractivity contribution in [3.05, 3.63) is 30.5 Å². The van der Waals surface area contributed by atoms with Crippen LogP contribution in [0.4, 0.5) is 0 Å². The average molecular weight is 243 g/mol. The summed E-state index contributed by atoms with van der Waals surface area (Å²) in [5.74, 6) is 0.726. The lowest BCUT2D eigenvalue weighted by atomic mass is 10.0. The number of aromatic nitrogens is 4. The summed E-state index contributed by atoms with van der Waals surface area (Å²) in [5.41, 5.74) is 2.94. The summed E-state index contributed by atoms with van der Waals surface area (Å²) < 4.78 is 0. The first-order valence-corrected chi connectivity index (χ1v) is 6.30. The lowest BCUT2D eigenvalue weighted by molar-refractivity contribution is 0.393. The van der Waals surface area contributed by atoms with Gasteiger partial charge in [-0.05, 0) is 32.4 Å². The molecule has 1 saturated heterocycles. The molecule has 1 N–H and O–H groups in total. The minimum Gasteiger partial charge on any atom is -0.306 e. The second-order valence-electron chi connectivity index (χ2n) is 5.00. The van der Waals surface area contributed by atoms with Gasteiger partial charge in [0.2, 0.25) is 0 Å². The lowest BCUT2D eigenvalue weighted by Crippen LogP contribution is -2.15. The number of H-pyrrole nitrogens is 1. The molecule has 1 fully saturated rings. The number of hydrogen-bond acceptors (Lipinski definition) is 4. The van der Waals surface area contributed by atoms with Crippen LogP contribution >= 0.6 is 0 Å². The molecule has 0 saturated carbocycles. The van der Waals surface area contributed by atoms with Crippen LogP contribution in [0.25, 0.3) is 11.3 Å². The number of rotatable bonds is 3. The molecule has 0 spiro atoms. The topological polar surface area (TPSA) is 57.7 Å². The summed E-state index contributed by atoms with van der Waals surface area (Å²) >= 11 is 0. The van der Waals surface area contributed by atoms with Crippen LogP contribution in [0.2, 0.25) is 0 Å². The minimum atomic E-state index is 0.726. The van der Waals surface area contributed by atoms with Crippen molar-refractivity contribution in [3.63, 3.8) is 0 Å². The van der Waals surface area contributed by atoms with E-state index < -0.39 is 0 Å². The summed E-state index contributed by atoms with van der Waals surface area (Å²) in [5, 5.41) is 6.70. The van der Waals surface area contributed by atoms with Gasteiger partial charge in [0.1, 0.15) is 0 Å². The Morgan fingerprint density at radius 2 is 2.28 bits per heavy atom. The molecule has 18 heavy (non-hydrogen) atoms. The van der Waals surface area contributed by atoms with Gasteiger partial charge in [0.25, 0.3) is 0 Å². The van der Waals surface area contributed by atoms with E-state index in [1.165, 1.54) is 19.5 Å². The van der Waals surface area contributed by atoms with Crippen molar-refractivity contribution < 1.29 is 0 Å². The van der Waals surface area contributed by atoms with Crippen molar-refractivity contribution in [3.8, 4) is 11.3 Å². The normalized spacial score (nSPS) is 20.4. The molecule has 5 nitrogen and oxygen atoms in total. The van der Waals surface area contributed by atoms with Gasteiger partial charge in [-0.3, -0.25) is 15.1 Å². The van der Waals surface area contributed by atoms with Crippen molar-refractivity contribution in [2.75, 3.05) is 20.1 Å². The highest BCUT2D eigenvalue weighted by molar-refractivity contribution is 5.55. The van der Waals surface area contributed by atoms with Crippen LogP contribution in [-0.2, 0) is 6.42 Å². The maximum atomic E-state index is 4.50. The smallest absolute Gasteiger partial charge is 0.0916 e. The fraction of sp³-hybridized carbons (Fsp3) is 0.462. The Balaban J connectivity index is 1.68. The molecule has 0 aromatic carbocycles. The van der Waals surface area contributed by atoms with Gasteiger partial charge in [0.05, 0.1) is 23.8 Å². The van der Waals surface area contributed by atoms with Crippen LogP contribution in [0.5, 0.6) is 0 Å². The molecule has 1 unspecified atom stereocenters. The van der Waals surface area contributed by atoms with Crippen molar-refractivity contribution in [2.24, 2.45) is 5.92 Å². The molecule has 1 aliphatic heterocycles. The van der Waals surface area contributed by atoms with Gasteiger partial charge in [-0.15, -0.1) is 0 Å². The second kappa shape index (κ2) is 4.86. The molecule has 3 rings (SSSR count). The Morgan fingerprint density at radius 1 is 1.33 bits per heavy atom. The zero-order chi connectivity index (χ0) is 12.4. The maximum Gasteiger partial charge on any atom is 0.0916 e. The number of hydrogen-bond donors (Lipinski definition) is 1. The van der Waals surface area contributed by atoms with Gasteiger partial charge >= 0.3 is 0 Å². The van der Waals surface area contributed by atoms with E-state index in [0.717, 1.165) is 29.3 Å². The average Bonchev–Trinajstić information content (AvgIpc) is 3.02. The summed E-state index contributed by atoms with van der Waals surface area (Å²) in [6.45, 7) is 2.37. The van der Waals surface area contributed by atoms with Gasteiger partial charge in [-0.1, -0.05) is 0 Å². The highest BCUT2D eigenvalue weighted by atomic mass is 15.1. The summed E-state index contributed by atoms with van der Waals surface area (Å²) in [6.07, 6.45) is 9.61. The van der Waals surface area contributed by atoms with Crippen molar-refractivity contribution in [2.45, 2.75) is 12.8 Å². The molecule has 2 aromatic rings. The maximum absolute atomic E-state index is 4.50. The van der Waals surface area contributed by atoms with E-state index in [0.29, 0.717) is 0 Å². The van der Waals surface area contributed by atoms with Crippen molar-refractivity contribution >= 4 is 0 Å². The van der Waals surface area contributed by atoms with Gasteiger partial charge in [0, 0.05) is 24.5 Å². The van der Waals surface area contributed by atoms with E-state index in [1.54, 1.807) is 6.20 Å². The third-order valence-corrected chi connectivity index (χ3v) is 3.49. The first-order valence-electron chi connectivity index (χ1n) is 6.30. The van der Waals surface area contributed by atoms with E-state index >= 15 is 0 Å². The van der Waals surface area contributed by atoms with Crippen LogP contribution in [-0.4, -0.2) is 45.2 Å². The molecule has 5 heteroatoms. The SMILES string of the molecule is CN1CCC(Cc2cnc(-c3cn[nH]c3)cn2)C1. The first kappa shape index (κ1) is 11.3. The fourth-order valence-electron chi connectivity index (χ4n) is 2.49. The van der Waals surface area contributed by atoms with Gasteiger partial charge in [0.15, 0.2) is 0 Å². The second-order valence-corrected chi connectivity index (χ2v) is 5.00. The molecular weight excluding hydrogens is 226 g/mol. The molecule has 94 valence electrons. The molecule has 0 aliphatic carbocycles. The molecule has 0 bridgehead atoms. The Hall–Kier alpha value is -1.75. The zero-order valence-electron chi connectivity index (χ0n) is 10.5. The third kappa shape index (κ3) is 2.41. The third-order valence-electron chi connectivity index (χ3n) is 3.49. The molecule has 1 atom stereocenters. The first-order chi connectivity index (χ1) is 8.81. The molecule has 2 aromatic heterocycles. The Kier molecular flexibility index (Phi) is 3.06. The Labute approximate surface area is 106 Å². The molecule has 0 radical (unpaired) electrons. The molecular formula is C13H17N5. The summed E-state index contributed by atoms with van der Waals surface area (Å²) in [6, 6.07) is 0. The quantitative estimate of drug-likeness (QED) is 0.884. The zero-order valence-corrected chi connectivity index (χ0v) is 10.5. The highest BCUT2D eigenvalue weighted by Crippen LogP contribution is 2.19. The minimum absolute atomic E-state index is 0.726. The van der Waals surface area contributed by atoms with Crippen LogP contribution < -0.4 is 0 Å². The van der Waals surface area contributed by atoms with Crippen LogP contribution in [0.1, 0.15) is 12.1 Å². The predicted octanol–water partition coefficient (Wildman–Crippen LogP) is 1.36. The van der Waals surface area contributed by atoms with Crippen molar-refractivity contribution in [1.29, 1.82) is 0 Å². The van der Waals surface area contributed by atoms with Crippen LogP contribution in [0.3, 0.4) is 0 Å². The number of nitrogens with one attached hydrogen (secondary N) is 1. The molecule has 3 heterocycles. The molecule has 1 aliphatic rings. The van der Waals surface area contributed by atoms with E-state index in [-0.39, 0.29) is 0 Å². The van der Waals surface area contributed by atoms with E-state index in [4.69, 9.17) is 0 Å². The van der Waals surface area contributed by atoms with Gasteiger partial charge in [-0.25, -0.2) is 0 Å². The highest BCUT2D eigenvalue weighted by Gasteiger charge is 2.20. The number of aromatic amines is 1. The monoisotopic (exact) mass is 243 g/mol. The van der Waals surface area contributed by atoms with Crippen LogP contribution in [0, 0.1) is 5.92 Å². The standard InChI is InChI=1S/C13H17N5/c1-18-3-2-10(9-18)4-12-7-15-13(8-14-12)11-5-16-17-6-11/h5-8,10H,2-4,9H2,1H3,(H,16,17). The van der Waals surface area contributed by atoms with E-state index in [1.807, 2.05) is 18.6 Å². The van der Waals surface area contributed by atoms with Gasteiger partial charge < -0.3 is 4.90 Å². The lowest BCUT2D eigenvalue weighted by Gasteiger charge is -2.09. The van der Waals surface area contributed by atoms with E-state index in [2.05, 4.69) is 32.1 Å². The Bertz CT molecular complexity index is 491. The summed E-state index contributed by atoms with van der Waals surface area (Å²) in [4.78, 5) is 11.3. The molecule has 0 amide bonds. The predicted molar refractivity (Wildman–Crippen MR) is 68.9 cm³/mol. The number of likely N-dealkylation sites (tertiary alicyclic amines) is 1. The largest absolute Gasteiger partial charge is 0.306 e. The van der Waals surface area contributed by atoms with Crippen molar-refractivity contribution in [1.82, 2.24) is 25.1 Å². The summed E-state index contributed by atoms with van der Waals surface area (Å²) in [7, 11) is 2.17. The fourth-order valence-corrected chi connectivity index (χ4v) is 2.49. The Morgan fingerprint density at radius 3 is 2.89 bits per heavy atom. The van der Waals surface area contributed by atoms with E-state index in [9.17, 15) is 0 Å².